The Kier molecular flexibility index (Phi) is 8.13. The van der Waals surface area contributed by atoms with E-state index in [2.05, 4.69) is 19.9 Å². The highest BCUT2D eigenvalue weighted by molar-refractivity contribution is 8.82. The third-order valence-corrected chi connectivity index (χ3v) is 5.83. The van der Waals surface area contributed by atoms with Gasteiger partial charge in [0.2, 0.25) is 11.0 Å². The maximum Gasteiger partial charge on any atom is 0.215 e. The fourth-order valence-corrected chi connectivity index (χ4v) is 4.08. The fourth-order valence-electron chi connectivity index (χ4n) is 2.51. The molecule has 3 heterocycles. The van der Waals surface area contributed by atoms with Crippen LogP contribution in [0.25, 0.3) is 11.2 Å². The van der Waals surface area contributed by atoms with Crippen molar-refractivity contribution in [1.29, 1.82) is 0 Å². The fraction of sp³-hybridized carbons (Fsp3) is 0.368. The van der Waals surface area contributed by atoms with Gasteiger partial charge in [0.05, 0.1) is 31.9 Å². The Morgan fingerprint density at radius 2 is 1.89 bits per heavy atom. The van der Waals surface area contributed by atoms with Gasteiger partial charge in [-0.1, -0.05) is 13.8 Å². The average Bonchev–Trinajstić information content (AvgIpc) is 3.12. The van der Waals surface area contributed by atoms with Crippen molar-refractivity contribution in [2.45, 2.75) is 39.3 Å². The average molecular weight is 421 g/mol. The molecule has 0 fully saturated rings. The number of H-pyrrole nitrogens is 1. The van der Waals surface area contributed by atoms with E-state index in [0.717, 1.165) is 38.9 Å². The van der Waals surface area contributed by atoms with E-state index >= 15 is 0 Å². The van der Waals surface area contributed by atoms with Gasteiger partial charge in [-0.2, -0.15) is 4.98 Å². The molecule has 0 aliphatic carbocycles. The maximum absolute atomic E-state index is 12.3. The summed E-state index contributed by atoms with van der Waals surface area (Å²) in [5, 5.41) is 0.604. The molecule has 0 radical (unpaired) electrons. The second-order valence-corrected chi connectivity index (χ2v) is 7.70. The van der Waals surface area contributed by atoms with Gasteiger partial charge in [0.25, 0.3) is 0 Å². The Hall–Kier alpha value is -2.26. The first-order valence-electron chi connectivity index (χ1n) is 8.79. The van der Waals surface area contributed by atoms with E-state index in [1.807, 2.05) is 33.8 Å². The summed E-state index contributed by atoms with van der Waals surface area (Å²) in [6.07, 6.45) is 1.96. The summed E-state index contributed by atoms with van der Waals surface area (Å²) in [4.78, 5) is 28.4. The number of pyridine rings is 2. The molecular formula is C19H24N4O3S2. The number of aryl methyl sites for hydroxylation is 1. The molecule has 9 heteroatoms. The Morgan fingerprint density at radius 3 is 2.57 bits per heavy atom. The highest BCUT2D eigenvalue weighted by Gasteiger charge is 2.15. The Morgan fingerprint density at radius 1 is 1.14 bits per heavy atom. The summed E-state index contributed by atoms with van der Waals surface area (Å²) in [7, 11) is 5.56. The molecule has 0 unspecified atom stereocenters. The van der Waals surface area contributed by atoms with Crippen LogP contribution in [-0.2, 0) is 11.2 Å². The molecule has 150 valence electrons. The first kappa shape index (κ1) is 22.0. The van der Waals surface area contributed by atoms with Gasteiger partial charge in [-0.15, -0.1) is 0 Å². The van der Waals surface area contributed by atoms with Gasteiger partial charge < -0.3 is 14.5 Å². The number of imidazole rings is 1. The lowest BCUT2D eigenvalue weighted by atomic mass is 10.1. The summed E-state index contributed by atoms with van der Waals surface area (Å²) in [5.74, 6) is 1.27. The molecule has 0 atom stereocenters. The standard InChI is InChI=1S/C17H18N4O3S2.C2H6/c1-9-8-18-12(10(2)15(9)24-4)7-14(22)25-26-17-19-11-5-6-13(23-3)20-16(11)21-17;1-2/h5-6,8H,7H2,1-4H3,(H,19,20,21);1-2H3. The van der Waals surface area contributed by atoms with Crippen LogP contribution in [-0.4, -0.2) is 39.3 Å². The zero-order valence-corrected chi connectivity index (χ0v) is 18.5. The monoisotopic (exact) mass is 420 g/mol. The van der Waals surface area contributed by atoms with Crippen LogP contribution in [0, 0.1) is 13.8 Å². The van der Waals surface area contributed by atoms with Gasteiger partial charge in [0.1, 0.15) is 5.75 Å². The number of nitrogens with one attached hydrogen (secondary N) is 1. The first-order chi connectivity index (χ1) is 13.5. The Balaban J connectivity index is 0.00000136. The van der Waals surface area contributed by atoms with Crippen molar-refractivity contribution < 1.29 is 14.3 Å². The second kappa shape index (κ2) is 10.3. The topological polar surface area (TPSA) is 90.0 Å². The van der Waals surface area contributed by atoms with Gasteiger partial charge in [0.15, 0.2) is 10.8 Å². The van der Waals surface area contributed by atoms with Gasteiger partial charge in [-0.3, -0.25) is 9.78 Å². The van der Waals surface area contributed by atoms with E-state index in [1.54, 1.807) is 26.5 Å². The highest BCUT2D eigenvalue weighted by Crippen LogP contribution is 2.32. The predicted octanol–water partition coefficient (Wildman–Crippen LogP) is 4.52. The molecule has 0 amide bonds. The molecule has 0 saturated heterocycles. The van der Waals surface area contributed by atoms with Crippen LogP contribution in [0.1, 0.15) is 30.7 Å². The van der Waals surface area contributed by atoms with Crippen LogP contribution < -0.4 is 9.47 Å². The van der Waals surface area contributed by atoms with Crippen molar-refractivity contribution in [1.82, 2.24) is 19.9 Å². The van der Waals surface area contributed by atoms with Crippen LogP contribution in [0.3, 0.4) is 0 Å². The summed E-state index contributed by atoms with van der Waals surface area (Å²) >= 11 is 0. The number of hydrogen-bond acceptors (Lipinski definition) is 8. The van der Waals surface area contributed by atoms with E-state index in [9.17, 15) is 4.79 Å². The van der Waals surface area contributed by atoms with Crippen LogP contribution in [0.4, 0.5) is 0 Å². The van der Waals surface area contributed by atoms with Crippen LogP contribution >= 0.6 is 21.6 Å². The quantitative estimate of drug-likeness (QED) is 0.582. The number of hydrogen-bond donors (Lipinski definition) is 1. The summed E-state index contributed by atoms with van der Waals surface area (Å²) in [6, 6.07) is 3.60. The number of nitrogens with zero attached hydrogens (tertiary/aromatic N) is 3. The number of aromatic nitrogens is 4. The lowest BCUT2D eigenvalue weighted by molar-refractivity contribution is -0.110. The third kappa shape index (κ3) is 5.17. The molecule has 28 heavy (non-hydrogen) atoms. The lowest BCUT2D eigenvalue weighted by Crippen LogP contribution is -2.04. The predicted molar refractivity (Wildman–Crippen MR) is 114 cm³/mol. The van der Waals surface area contributed by atoms with Crippen molar-refractivity contribution >= 4 is 37.9 Å². The van der Waals surface area contributed by atoms with E-state index < -0.39 is 0 Å². The molecule has 0 aliphatic rings. The molecule has 3 rings (SSSR count). The Bertz CT molecular complexity index is 960. The normalized spacial score (nSPS) is 10.4. The van der Waals surface area contributed by atoms with Crippen molar-refractivity contribution in [2.75, 3.05) is 14.2 Å². The lowest BCUT2D eigenvalue weighted by Gasteiger charge is -2.11. The molecule has 0 aliphatic heterocycles. The molecule has 0 aromatic carbocycles. The number of methoxy groups -OCH3 is 2. The van der Waals surface area contributed by atoms with E-state index in [1.165, 1.54) is 10.8 Å². The Labute approximate surface area is 172 Å². The van der Waals surface area contributed by atoms with Crippen molar-refractivity contribution in [3.8, 4) is 11.6 Å². The van der Waals surface area contributed by atoms with E-state index in [0.29, 0.717) is 16.7 Å². The maximum atomic E-state index is 12.3. The number of fused-ring (bicyclic) bond motifs is 1. The van der Waals surface area contributed by atoms with Gasteiger partial charge >= 0.3 is 0 Å². The smallest absolute Gasteiger partial charge is 0.215 e. The van der Waals surface area contributed by atoms with Crippen molar-refractivity contribution in [3.05, 3.63) is 35.2 Å². The number of aromatic amines is 1. The summed E-state index contributed by atoms with van der Waals surface area (Å²) in [6.45, 7) is 7.84. The van der Waals surface area contributed by atoms with Crippen LogP contribution in [0.2, 0.25) is 0 Å². The minimum absolute atomic E-state index is 0.0116. The molecule has 7 nitrogen and oxygen atoms in total. The number of ether oxygens (including phenoxy) is 2. The van der Waals surface area contributed by atoms with Gasteiger partial charge in [-0.25, -0.2) is 4.98 Å². The van der Waals surface area contributed by atoms with E-state index in [4.69, 9.17) is 9.47 Å². The van der Waals surface area contributed by atoms with Crippen molar-refractivity contribution in [3.63, 3.8) is 0 Å². The zero-order chi connectivity index (χ0) is 20.7. The van der Waals surface area contributed by atoms with E-state index in [-0.39, 0.29) is 11.5 Å². The first-order valence-corrected chi connectivity index (χ1v) is 10.9. The number of carbonyl (C=O) groups excluding carboxylic acids is 1. The second-order valence-electron chi connectivity index (χ2n) is 5.53. The molecule has 0 saturated carbocycles. The highest BCUT2D eigenvalue weighted by atomic mass is 33.1. The molecule has 1 N–H and O–H groups in total. The third-order valence-electron chi connectivity index (χ3n) is 3.78. The zero-order valence-electron chi connectivity index (χ0n) is 16.8. The molecule has 3 aromatic heterocycles. The SMILES string of the molecule is CC.COc1ccc2[nH]c(SSC(=O)Cc3ncc(C)c(OC)c3C)nc2n1. The molecular weight excluding hydrogens is 396 g/mol. The largest absolute Gasteiger partial charge is 0.496 e. The number of carbonyl (C=O) groups is 1. The van der Waals surface area contributed by atoms with Crippen LogP contribution in [0.15, 0.2) is 23.5 Å². The van der Waals surface area contributed by atoms with Crippen LogP contribution in [0.5, 0.6) is 11.6 Å². The minimum Gasteiger partial charge on any atom is -0.496 e. The summed E-state index contributed by atoms with van der Waals surface area (Å²) in [5.41, 5.74) is 3.92. The van der Waals surface area contributed by atoms with Crippen molar-refractivity contribution in [2.24, 2.45) is 0 Å². The summed E-state index contributed by atoms with van der Waals surface area (Å²) < 4.78 is 10.5. The minimum atomic E-state index is -0.0116. The molecule has 0 bridgehead atoms. The van der Waals surface area contributed by atoms with Gasteiger partial charge in [-0.05, 0) is 41.5 Å². The molecule has 0 spiro atoms. The molecule has 3 aromatic rings. The number of rotatable bonds is 6. The van der Waals surface area contributed by atoms with Gasteiger partial charge in [0, 0.05) is 23.4 Å².